The van der Waals surface area contributed by atoms with E-state index in [4.69, 9.17) is 10.2 Å². The average molecular weight is 227 g/mol. The van der Waals surface area contributed by atoms with Gasteiger partial charge in [0.25, 0.3) is 5.91 Å². The Hall–Kier alpha value is -1.89. The third kappa shape index (κ3) is 2.37. The number of nitro groups is 1. The van der Waals surface area contributed by atoms with Gasteiger partial charge < -0.3 is 15.1 Å². The van der Waals surface area contributed by atoms with Crippen LogP contribution in [-0.2, 0) is 0 Å². The zero-order chi connectivity index (χ0) is 12.3. The number of likely N-dealkylation sites (N-methyl/N-ethyl adjacent to an activating group) is 1. The summed E-state index contributed by atoms with van der Waals surface area (Å²) in [6.07, 6.45) is 0. The smallest absolute Gasteiger partial charge is 0.395 e. The normalized spacial score (nSPS) is 12.2. The summed E-state index contributed by atoms with van der Waals surface area (Å²) in [6.45, 7) is 2.08. The van der Waals surface area contributed by atoms with E-state index in [1.165, 1.54) is 11.0 Å². The second kappa shape index (κ2) is 4.75. The number of carbonyl (C=O) groups is 1. The molecule has 2 N–H and O–H groups in total. The van der Waals surface area contributed by atoms with Gasteiger partial charge in [0.1, 0.15) is 4.92 Å². The number of hydrogen-bond acceptors (Lipinski definition) is 5. The number of amides is 1. The molecule has 88 valence electrons. The topological polar surface area (TPSA) is 103 Å². The molecule has 1 heterocycles. The molecule has 0 aliphatic heterocycles. The van der Waals surface area contributed by atoms with E-state index >= 15 is 0 Å². The highest BCUT2D eigenvalue weighted by Gasteiger charge is 2.22. The van der Waals surface area contributed by atoms with Gasteiger partial charge in [-0.25, -0.2) is 0 Å². The van der Waals surface area contributed by atoms with Crippen LogP contribution in [-0.4, -0.2) is 35.4 Å². The zero-order valence-corrected chi connectivity index (χ0v) is 9.04. The van der Waals surface area contributed by atoms with Gasteiger partial charge in [-0.2, -0.15) is 0 Å². The number of rotatable bonds is 4. The Bertz CT molecular complexity index is 401. The summed E-state index contributed by atoms with van der Waals surface area (Å²) < 4.78 is 4.79. The summed E-state index contributed by atoms with van der Waals surface area (Å²) in [7, 11) is 1.56. The van der Waals surface area contributed by atoms with Gasteiger partial charge in [0.05, 0.1) is 6.07 Å². The van der Waals surface area contributed by atoms with Crippen LogP contribution < -0.4 is 5.73 Å². The second-order valence-electron chi connectivity index (χ2n) is 3.40. The van der Waals surface area contributed by atoms with Crippen molar-refractivity contribution in [3.63, 3.8) is 0 Å². The fourth-order valence-electron chi connectivity index (χ4n) is 1.07. The number of hydrogen-bond donors (Lipinski definition) is 1. The highest BCUT2D eigenvalue weighted by atomic mass is 16.6. The van der Waals surface area contributed by atoms with Crippen LogP contribution in [0.5, 0.6) is 0 Å². The molecule has 1 unspecified atom stereocenters. The Morgan fingerprint density at radius 2 is 2.31 bits per heavy atom. The molecule has 0 spiro atoms. The van der Waals surface area contributed by atoms with Crippen molar-refractivity contribution in [3.05, 3.63) is 28.0 Å². The number of nitrogens with two attached hydrogens (primary N) is 1. The fraction of sp³-hybridized carbons (Fsp3) is 0.444. The van der Waals surface area contributed by atoms with E-state index < -0.39 is 16.7 Å². The first kappa shape index (κ1) is 12.2. The van der Waals surface area contributed by atoms with Gasteiger partial charge >= 0.3 is 5.88 Å². The summed E-state index contributed by atoms with van der Waals surface area (Å²) in [6, 6.07) is 2.27. The summed E-state index contributed by atoms with van der Waals surface area (Å²) in [4.78, 5) is 22.8. The third-order valence-electron chi connectivity index (χ3n) is 2.31. The van der Waals surface area contributed by atoms with Gasteiger partial charge in [-0.3, -0.25) is 14.9 Å². The van der Waals surface area contributed by atoms with Crippen molar-refractivity contribution >= 4 is 11.8 Å². The van der Waals surface area contributed by atoms with E-state index in [-0.39, 0.29) is 11.8 Å². The lowest BCUT2D eigenvalue weighted by Gasteiger charge is -2.22. The van der Waals surface area contributed by atoms with Crippen LogP contribution in [0.25, 0.3) is 0 Å². The SMILES string of the molecule is CC(CN)N(C)C(=O)c1ccc([N+](=O)[O-])o1. The fourth-order valence-corrected chi connectivity index (χ4v) is 1.07. The molecule has 0 bridgehead atoms. The summed E-state index contributed by atoms with van der Waals surface area (Å²) in [5.41, 5.74) is 5.41. The van der Waals surface area contributed by atoms with Crippen LogP contribution in [0.1, 0.15) is 17.5 Å². The van der Waals surface area contributed by atoms with Crippen molar-refractivity contribution in [1.29, 1.82) is 0 Å². The van der Waals surface area contributed by atoms with Gasteiger partial charge in [-0.1, -0.05) is 0 Å². The molecule has 7 nitrogen and oxygen atoms in total. The average Bonchev–Trinajstić information content (AvgIpc) is 2.75. The summed E-state index contributed by atoms with van der Waals surface area (Å²) >= 11 is 0. The number of carbonyl (C=O) groups excluding carboxylic acids is 1. The molecule has 1 amide bonds. The van der Waals surface area contributed by atoms with Crippen LogP contribution in [0.4, 0.5) is 5.88 Å². The van der Waals surface area contributed by atoms with E-state index in [9.17, 15) is 14.9 Å². The predicted molar refractivity (Wildman–Crippen MR) is 56.0 cm³/mol. The van der Waals surface area contributed by atoms with Crippen molar-refractivity contribution in [2.75, 3.05) is 13.6 Å². The van der Waals surface area contributed by atoms with Gasteiger partial charge in [-0.15, -0.1) is 0 Å². The van der Waals surface area contributed by atoms with E-state index in [0.29, 0.717) is 6.54 Å². The Kier molecular flexibility index (Phi) is 3.62. The lowest BCUT2D eigenvalue weighted by Crippen LogP contribution is -2.39. The minimum Gasteiger partial charge on any atom is -0.395 e. The monoisotopic (exact) mass is 227 g/mol. The minimum atomic E-state index is -0.691. The highest BCUT2D eigenvalue weighted by Crippen LogP contribution is 2.17. The lowest BCUT2D eigenvalue weighted by molar-refractivity contribution is -0.402. The Morgan fingerprint density at radius 1 is 1.69 bits per heavy atom. The summed E-state index contributed by atoms with van der Waals surface area (Å²) in [5.74, 6) is -0.933. The van der Waals surface area contributed by atoms with E-state index in [2.05, 4.69) is 0 Å². The van der Waals surface area contributed by atoms with Crippen molar-refractivity contribution in [2.24, 2.45) is 5.73 Å². The molecule has 1 aromatic rings. The first-order valence-electron chi connectivity index (χ1n) is 4.68. The lowest BCUT2D eigenvalue weighted by atomic mass is 10.3. The Balaban J connectivity index is 2.84. The maximum absolute atomic E-state index is 11.7. The van der Waals surface area contributed by atoms with Crippen molar-refractivity contribution < 1.29 is 14.1 Å². The molecule has 1 rings (SSSR count). The van der Waals surface area contributed by atoms with Crippen LogP contribution in [0.3, 0.4) is 0 Å². The summed E-state index contributed by atoms with van der Waals surface area (Å²) in [5, 5.41) is 10.4. The van der Waals surface area contributed by atoms with E-state index in [0.717, 1.165) is 6.07 Å². The first-order chi connectivity index (χ1) is 7.47. The second-order valence-corrected chi connectivity index (χ2v) is 3.40. The van der Waals surface area contributed by atoms with Crippen LogP contribution >= 0.6 is 0 Å². The van der Waals surface area contributed by atoms with Gasteiger partial charge in [0.2, 0.25) is 0 Å². The van der Waals surface area contributed by atoms with E-state index in [1.54, 1.807) is 14.0 Å². The standard InChI is InChI=1S/C9H13N3O4/c1-6(5-10)11(2)9(13)7-3-4-8(16-7)12(14)15/h3-4,6H,5,10H2,1-2H3. The molecule has 0 saturated carbocycles. The molecule has 16 heavy (non-hydrogen) atoms. The third-order valence-corrected chi connectivity index (χ3v) is 2.31. The molecule has 0 aliphatic rings. The zero-order valence-electron chi connectivity index (χ0n) is 9.04. The number of nitrogens with zero attached hydrogens (tertiary/aromatic N) is 2. The van der Waals surface area contributed by atoms with Crippen LogP contribution in [0, 0.1) is 10.1 Å². The molecule has 0 radical (unpaired) electrons. The van der Waals surface area contributed by atoms with Crippen molar-refractivity contribution in [3.8, 4) is 0 Å². The van der Waals surface area contributed by atoms with Gasteiger partial charge in [0.15, 0.2) is 5.76 Å². The molecular weight excluding hydrogens is 214 g/mol. The van der Waals surface area contributed by atoms with Gasteiger partial charge in [-0.05, 0) is 13.0 Å². The Morgan fingerprint density at radius 3 is 2.75 bits per heavy atom. The molecule has 0 fully saturated rings. The highest BCUT2D eigenvalue weighted by molar-refractivity contribution is 5.91. The minimum absolute atomic E-state index is 0.0606. The molecule has 0 saturated heterocycles. The maximum atomic E-state index is 11.7. The van der Waals surface area contributed by atoms with Crippen LogP contribution in [0.2, 0.25) is 0 Å². The Labute approximate surface area is 92.0 Å². The maximum Gasteiger partial charge on any atom is 0.433 e. The van der Waals surface area contributed by atoms with Gasteiger partial charge in [0, 0.05) is 19.6 Å². The predicted octanol–water partition coefficient (Wildman–Crippen LogP) is 0.607. The molecule has 7 heteroatoms. The van der Waals surface area contributed by atoms with Crippen molar-refractivity contribution in [1.82, 2.24) is 4.90 Å². The van der Waals surface area contributed by atoms with E-state index in [1.807, 2.05) is 0 Å². The molecule has 0 aromatic carbocycles. The molecule has 0 aliphatic carbocycles. The number of furan rings is 1. The molecular formula is C9H13N3O4. The first-order valence-corrected chi connectivity index (χ1v) is 4.68. The molecule has 1 aromatic heterocycles. The molecule has 1 atom stereocenters. The quantitative estimate of drug-likeness (QED) is 0.599. The van der Waals surface area contributed by atoms with Crippen LogP contribution in [0.15, 0.2) is 16.5 Å². The van der Waals surface area contributed by atoms with Crippen molar-refractivity contribution in [2.45, 2.75) is 13.0 Å². The largest absolute Gasteiger partial charge is 0.433 e.